The molecule has 1 aliphatic heterocycles. The second-order valence-corrected chi connectivity index (χ2v) is 7.76. The van der Waals surface area contributed by atoms with Crippen molar-refractivity contribution in [1.82, 2.24) is 5.32 Å². The SMILES string of the molecule is CCc1cccc(C)c1N=C1NC(=O)[C@@H](CC(=O)Nc2ccc(C)cc2)S1. The smallest absolute Gasteiger partial charge is 0.240 e. The number of benzene rings is 2. The molecule has 2 amide bonds. The van der Waals surface area contributed by atoms with E-state index < -0.39 is 5.25 Å². The molecule has 2 N–H and O–H groups in total. The average Bonchev–Trinajstić information content (AvgIpc) is 2.98. The van der Waals surface area contributed by atoms with Crippen LogP contribution in [0, 0.1) is 13.8 Å². The van der Waals surface area contributed by atoms with Crippen LogP contribution in [0.3, 0.4) is 0 Å². The van der Waals surface area contributed by atoms with Crippen molar-refractivity contribution >= 4 is 40.1 Å². The zero-order chi connectivity index (χ0) is 19.4. The fourth-order valence-corrected chi connectivity index (χ4v) is 3.85. The molecular formula is C21H23N3O2S. The van der Waals surface area contributed by atoms with Crippen LogP contribution in [0.4, 0.5) is 11.4 Å². The number of carbonyl (C=O) groups excluding carboxylic acids is 2. The molecule has 0 spiro atoms. The highest BCUT2D eigenvalue weighted by molar-refractivity contribution is 8.15. The Balaban J connectivity index is 1.67. The van der Waals surface area contributed by atoms with E-state index in [1.807, 2.05) is 56.3 Å². The number of nitrogens with zero attached hydrogens (tertiary/aromatic N) is 1. The fourth-order valence-electron chi connectivity index (χ4n) is 2.88. The van der Waals surface area contributed by atoms with Crippen LogP contribution in [0.15, 0.2) is 47.5 Å². The third-order valence-electron chi connectivity index (χ3n) is 4.40. The Hall–Kier alpha value is -2.60. The molecule has 1 atom stereocenters. The zero-order valence-electron chi connectivity index (χ0n) is 15.7. The van der Waals surface area contributed by atoms with Crippen molar-refractivity contribution in [2.45, 2.75) is 38.9 Å². The van der Waals surface area contributed by atoms with Gasteiger partial charge in [-0.05, 0) is 43.5 Å². The van der Waals surface area contributed by atoms with Crippen molar-refractivity contribution in [1.29, 1.82) is 0 Å². The van der Waals surface area contributed by atoms with Crippen molar-refractivity contribution in [2.24, 2.45) is 4.99 Å². The van der Waals surface area contributed by atoms with Gasteiger partial charge < -0.3 is 10.6 Å². The first-order valence-corrected chi connectivity index (χ1v) is 9.85. The van der Waals surface area contributed by atoms with Crippen molar-refractivity contribution in [3.8, 4) is 0 Å². The number of para-hydroxylation sites is 1. The van der Waals surface area contributed by atoms with Gasteiger partial charge in [-0.3, -0.25) is 9.59 Å². The van der Waals surface area contributed by atoms with E-state index in [2.05, 4.69) is 22.5 Å². The molecule has 0 radical (unpaired) electrons. The zero-order valence-corrected chi connectivity index (χ0v) is 16.5. The largest absolute Gasteiger partial charge is 0.326 e. The average molecular weight is 382 g/mol. The second-order valence-electron chi connectivity index (χ2n) is 6.57. The number of nitrogens with one attached hydrogen (secondary N) is 2. The molecule has 0 bridgehead atoms. The lowest BCUT2D eigenvalue weighted by Gasteiger charge is -2.08. The third-order valence-corrected chi connectivity index (χ3v) is 5.48. The van der Waals surface area contributed by atoms with Crippen LogP contribution in [-0.4, -0.2) is 22.2 Å². The first kappa shape index (κ1) is 19.2. The Labute approximate surface area is 163 Å². The lowest BCUT2D eigenvalue weighted by atomic mass is 10.1. The lowest BCUT2D eigenvalue weighted by Crippen LogP contribution is -2.28. The first-order chi connectivity index (χ1) is 13.0. The summed E-state index contributed by atoms with van der Waals surface area (Å²) in [6.07, 6.45) is 0.979. The van der Waals surface area contributed by atoms with Crippen LogP contribution in [0.1, 0.15) is 30.0 Å². The standard InChI is InChI=1S/C21H23N3O2S/c1-4-15-7-5-6-14(3)19(15)23-21-24-20(26)17(27-21)12-18(25)22-16-10-8-13(2)9-11-16/h5-11,17H,4,12H2,1-3H3,(H,22,25)(H,23,24,26)/t17-/m1/s1. The normalized spacial score (nSPS) is 17.8. The van der Waals surface area contributed by atoms with E-state index >= 15 is 0 Å². The molecule has 0 aliphatic carbocycles. The first-order valence-electron chi connectivity index (χ1n) is 8.97. The van der Waals surface area contributed by atoms with Gasteiger partial charge in [0.2, 0.25) is 11.8 Å². The minimum absolute atomic E-state index is 0.109. The molecule has 1 saturated heterocycles. The monoisotopic (exact) mass is 381 g/mol. The number of thioether (sulfide) groups is 1. The summed E-state index contributed by atoms with van der Waals surface area (Å²) in [7, 11) is 0. The van der Waals surface area contributed by atoms with E-state index in [1.54, 1.807) is 0 Å². The van der Waals surface area contributed by atoms with Gasteiger partial charge in [-0.25, -0.2) is 4.99 Å². The van der Waals surface area contributed by atoms with Crippen LogP contribution in [-0.2, 0) is 16.0 Å². The van der Waals surface area contributed by atoms with Crippen molar-refractivity contribution in [2.75, 3.05) is 5.32 Å². The second kappa shape index (κ2) is 8.39. The number of hydrogen-bond donors (Lipinski definition) is 2. The highest BCUT2D eigenvalue weighted by Crippen LogP contribution is 2.29. The number of amides is 2. The Morgan fingerprint density at radius 2 is 1.93 bits per heavy atom. The van der Waals surface area contributed by atoms with Crippen LogP contribution in [0.5, 0.6) is 0 Å². The number of carbonyl (C=O) groups is 2. The molecule has 0 aromatic heterocycles. The summed E-state index contributed by atoms with van der Waals surface area (Å²) in [6.45, 7) is 6.08. The highest BCUT2D eigenvalue weighted by atomic mass is 32.2. The molecule has 2 aromatic carbocycles. The Morgan fingerprint density at radius 3 is 2.63 bits per heavy atom. The predicted octanol–water partition coefficient (Wildman–Crippen LogP) is 4.11. The Morgan fingerprint density at radius 1 is 1.19 bits per heavy atom. The molecule has 0 unspecified atom stereocenters. The van der Waals surface area contributed by atoms with Crippen molar-refractivity contribution in [3.05, 3.63) is 59.2 Å². The number of anilines is 1. The third kappa shape index (κ3) is 4.77. The van der Waals surface area contributed by atoms with Crippen LogP contribution >= 0.6 is 11.8 Å². The van der Waals surface area contributed by atoms with Crippen LogP contribution < -0.4 is 10.6 Å². The van der Waals surface area contributed by atoms with Gasteiger partial charge in [-0.15, -0.1) is 0 Å². The number of hydrogen-bond acceptors (Lipinski definition) is 4. The van der Waals surface area contributed by atoms with E-state index in [1.165, 1.54) is 11.8 Å². The minimum atomic E-state index is -0.469. The van der Waals surface area contributed by atoms with Gasteiger partial charge in [-0.1, -0.05) is 54.6 Å². The summed E-state index contributed by atoms with van der Waals surface area (Å²) in [4.78, 5) is 29.2. The van der Waals surface area contributed by atoms with Crippen LogP contribution in [0.25, 0.3) is 0 Å². The van der Waals surface area contributed by atoms with Gasteiger partial charge in [0, 0.05) is 12.1 Å². The van der Waals surface area contributed by atoms with Gasteiger partial charge in [0.05, 0.1) is 5.69 Å². The van der Waals surface area contributed by atoms with Gasteiger partial charge in [0.1, 0.15) is 5.25 Å². The highest BCUT2D eigenvalue weighted by Gasteiger charge is 2.32. The fraction of sp³-hybridized carbons (Fsp3) is 0.286. The van der Waals surface area contributed by atoms with E-state index in [0.29, 0.717) is 5.17 Å². The Bertz CT molecular complexity index is 891. The van der Waals surface area contributed by atoms with E-state index in [-0.39, 0.29) is 18.2 Å². The maximum atomic E-state index is 12.3. The van der Waals surface area contributed by atoms with Crippen LogP contribution in [0.2, 0.25) is 0 Å². The minimum Gasteiger partial charge on any atom is -0.326 e. The summed E-state index contributed by atoms with van der Waals surface area (Å²) in [6, 6.07) is 13.6. The lowest BCUT2D eigenvalue weighted by molar-refractivity contribution is -0.122. The summed E-state index contributed by atoms with van der Waals surface area (Å²) in [5.74, 6) is -0.359. The Kier molecular flexibility index (Phi) is 5.96. The number of amidine groups is 1. The summed E-state index contributed by atoms with van der Waals surface area (Å²) in [5.41, 5.74) is 4.96. The van der Waals surface area contributed by atoms with E-state index in [4.69, 9.17) is 0 Å². The molecule has 2 aromatic rings. The predicted molar refractivity (Wildman–Crippen MR) is 112 cm³/mol. The number of rotatable bonds is 5. The van der Waals surface area contributed by atoms with E-state index in [9.17, 15) is 9.59 Å². The summed E-state index contributed by atoms with van der Waals surface area (Å²) < 4.78 is 0. The maximum Gasteiger partial charge on any atom is 0.240 e. The molecule has 1 aliphatic rings. The molecular weight excluding hydrogens is 358 g/mol. The van der Waals surface area contributed by atoms with Gasteiger partial charge >= 0.3 is 0 Å². The van der Waals surface area contributed by atoms with E-state index in [0.717, 1.165) is 34.5 Å². The number of aryl methyl sites for hydroxylation is 3. The summed E-state index contributed by atoms with van der Waals surface area (Å²) in [5, 5.41) is 5.72. The molecule has 1 heterocycles. The van der Waals surface area contributed by atoms with Gasteiger partial charge in [0.15, 0.2) is 5.17 Å². The maximum absolute atomic E-state index is 12.3. The molecule has 140 valence electrons. The molecule has 0 saturated carbocycles. The molecule has 3 rings (SSSR count). The topological polar surface area (TPSA) is 70.6 Å². The van der Waals surface area contributed by atoms with Crippen molar-refractivity contribution in [3.63, 3.8) is 0 Å². The van der Waals surface area contributed by atoms with Gasteiger partial charge in [0.25, 0.3) is 0 Å². The number of aliphatic imine (C=N–C) groups is 1. The quantitative estimate of drug-likeness (QED) is 0.819. The van der Waals surface area contributed by atoms with Gasteiger partial charge in [-0.2, -0.15) is 0 Å². The molecule has 6 heteroatoms. The molecule has 1 fully saturated rings. The molecule has 5 nitrogen and oxygen atoms in total. The molecule has 27 heavy (non-hydrogen) atoms. The van der Waals surface area contributed by atoms with Crippen molar-refractivity contribution < 1.29 is 9.59 Å². The summed E-state index contributed by atoms with van der Waals surface area (Å²) >= 11 is 1.31.